The Balaban J connectivity index is 3.06. The van der Waals surface area contributed by atoms with Gasteiger partial charge >= 0.3 is 5.97 Å². The summed E-state index contributed by atoms with van der Waals surface area (Å²) in [6.45, 7) is 5.58. The molecule has 1 atom stereocenters. The first-order chi connectivity index (χ1) is 8.43. The molecule has 0 radical (unpaired) electrons. The van der Waals surface area contributed by atoms with Crippen LogP contribution in [0.3, 0.4) is 0 Å². The average molecular weight is 255 g/mol. The molecule has 5 nitrogen and oxygen atoms in total. The lowest BCUT2D eigenvalue weighted by molar-refractivity contribution is -0.156. The third-order valence-corrected chi connectivity index (χ3v) is 3.94. The summed E-state index contributed by atoms with van der Waals surface area (Å²) in [5.41, 5.74) is -0.682. The van der Waals surface area contributed by atoms with Gasteiger partial charge in [-0.3, -0.25) is 14.5 Å². The number of rotatable bonds is 6. The van der Waals surface area contributed by atoms with Gasteiger partial charge in [0.1, 0.15) is 6.04 Å². The summed E-state index contributed by atoms with van der Waals surface area (Å²) in [6, 6.07) is -1.00. The van der Waals surface area contributed by atoms with Gasteiger partial charge in [-0.1, -0.05) is 27.2 Å². The van der Waals surface area contributed by atoms with E-state index in [9.17, 15) is 14.4 Å². The van der Waals surface area contributed by atoms with E-state index in [1.54, 1.807) is 0 Å². The first kappa shape index (κ1) is 14.7. The van der Waals surface area contributed by atoms with Crippen molar-refractivity contribution >= 4 is 17.8 Å². The number of carboxylic acids is 1. The Bertz CT molecular complexity index is 360. The Morgan fingerprint density at radius 3 is 2.22 bits per heavy atom. The molecule has 1 heterocycles. The van der Waals surface area contributed by atoms with Crippen molar-refractivity contribution in [3.8, 4) is 0 Å². The van der Waals surface area contributed by atoms with Crippen molar-refractivity contribution < 1.29 is 19.5 Å². The van der Waals surface area contributed by atoms with E-state index < -0.39 is 17.4 Å². The molecule has 2 amide bonds. The van der Waals surface area contributed by atoms with E-state index in [1.165, 1.54) is 0 Å². The molecule has 0 saturated carbocycles. The van der Waals surface area contributed by atoms with Crippen molar-refractivity contribution in [2.75, 3.05) is 0 Å². The number of nitrogens with zero attached hydrogens (tertiary/aromatic N) is 1. The topological polar surface area (TPSA) is 74.7 Å². The monoisotopic (exact) mass is 255 g/mol. The number of hydrogen-bond acceptors (Lipinski definition) is 3. The number of likely N-dealkylation sites (tertiary alicyclic amines) is 1. The van der Waals surface area contributed by atoms with Crippen LogP contribution >= 0.6 is 0 Å². The molecule has 0 aromatic heterocycles. The first-order valence-electron chi connectivity index (χ1n) is 6.52. The van der Waals surface area contributed by atoms with Gasteiger partial charge < -0.3 is 5.11 Å². The maximum absolute atomic E-state index is 12.4. The van der Waals surface area contributed by atoms with E-state index in [4.69, 9.17) is 5.11 Å². The van der Waals surface area contributed by atoms with Gasteiger partial charge in [-0.05, 0) is 19.3 Å². The smallest absolute Gasteiger partial charge is 0.326 e. The second-order valence-corrected chi connectivity index (χ2v) is 4.88. The summed E-state index contributed by atoms with van der Waals surface area (Å²) in [5, 5.41) is 9.17. The van der Waals surface area contributed by atoms with Gasteiger partial charge in [-0.25, -0.2) is 4.79 Å². The molecule has 1 saturated heterocycles. The minimum absolute atomic E-state index is 0.145. The standard InChI is InChI=1S/C13H21NO4/c1-4-7-9(11(16)17)14-10(15)8-13(5-2,6-3)12(14)18/h9H,4-8H2,1-3H3,(H,16,17). The highest BCUT2D eigenvalue weighted by Crippen LogP contribution is 2.40. The van der Waals surface area contributed by atoms with Gasteiger partial charge in [0.2, 0.25) is 11.8 Å². The second kappa shape index (κ2) is 5.50. The molecular formula is C13H21NO4. The highest BCUT2D eigenvalue weighted by molar-refractivity contribution is 6.08. The number of aliphatic carboxylic acids is 1. The zero-order valence-corrected chi connectivity index (χ0v) is 11.2. The molecule has 1 aliphatic heterocycles. The first-order valence-corrected chi connectivity index (χ1v) is 6.52. The fourth-order valence-electron chi connectivity index (χ4n) is 2.57. The van der Waals surface area contributed by atoms with Crippen LogP contribution in [-0.2, 0) is 14.4 Å². The van der Waals surface area contributed by atoms with Crippen molar-refractivity contribution in [1.29, 1.82) is 0 Å². The SMILES string of the molecule is CCCC(C(=O)O)N1C(=O)CC(CC)(CC)C1=O. The van der Waals surface area contributed by atoms with E-state index in [1.807, 2.05) is 20.8 Å². The molecule has 102 valence electrons. The third-order valence-electron chi connectivity index (χ3n) is 3.94. The van der Waals surface area contributed by atoms with Crippen LogP contribution < -0.4 is 0 Å². The predicted molar refractivity (Wildman–Crippen MR) is 65.8 cm³/mol. The van der Waals surface area contributed by atoms with Crippen LogP contribution in [-0.4, -0.2) is 33.8 Å². The average Bonchev–Trinajstić information content (AvgIpc) is 2.58. The Labute approximate surface area is 107 Å². The number of hydrogen-bond donors (Lipinski definition) is 1. The Morgan fingerprint density at radius 1 is 1.33 bits per heavy atom. The van der Waals surface area contributed by atoms with Crippen LogP contribution in [0.2, 0.25) is 0 Å². The number of carboxylic acid groups (broad SMARTS) is 1. The van der Waals surface area contributed by atoms with Crippen molar-refractivity contribution in [2.24, 2.45) is 5.41 Å². The Morgan fingerprint density at radius 2 is 1.89 bits per heavy atom. The molecular weight excluding hydrogens is 234 g/mol. The van der Waals surface area contributed by atoms with Gasteiger partial charge in [0.05, 0.1) is 5.41 Å². The summed E-state index contributed by atoms with van der Waals surface area (Å²) in [4.78, 5) is 36.5. The van der Waals surface area contributed by atoms with Gasteiger partial charge in [-0.15, -0.1) is 0 Å². The van der Waals surface area contributed by atoms with Crippen LogP contribution in [0.15, 0.2) is 0 Å². The van der Waals surface area contributed by atoms with Gasteiger partial charge in [0, 0.05) is 6.42 Å². The molecule has 0 aromatic rings. The normalized spacial score (nSPS) is 20.3. The summed E-state index contributed by atoms with van der Waals surface area (Å²) in [5.74, 6) is -1.75. The van der Waals surface area contributed by atoms with Crippen molar-refractivity contribution in [1.82, 2.24) is 4.90 Å². The molecule has 18 heavy (non-hydrogen) atoms. The van der Waals surface area contributed by atoms with Crippen molar-refractivity contribution in [3.63, 3.8) is 0 Å². The quantitative estimate of drug-likeness (QED) is 0.734. The van der Waals surface area contributed by atoms with Gasteiger partial charge in [-0.2, -0.15) is 0 Å². The number of carbonyl (C=O) groups is 3. The van der Waals surface area contributed by atoms with Crippen molar-refractivity contribution in [3.05, 3.63) is 0 Å². The van der Waals surface area contributed by atoms with E-state index in [-0.39, 0.29) is 18.2 Å². The Kier molecular flexibility index (Phi) is 4.48. The van der Waals surface area contributed by atoms with E-state index in [0.29, 0.717) is 25.7 Å². The van der Waals surface area contributed by atoms with Crippen LogP contribution in [0.4, 0.5) is 0 Å². The number of imide groups is 1. The predicted octanol–water partition coefficient (Wildman–Crippen LogP) is 1.80. The minimum Gasteiger partial charge on any atom is -0.480 e. The van der Waals surface area contributed by atoms with E-state index in [0.717, 1.165) is 4.90 Å². The maximum Gasteiger partial charge on any atom is 0.326 e. The summed E-state index contributed by atoms with van der Waals surface area (Å²) in [7, 11) is 0. The lowest BCUT2D eigenvalue weighted by Crippen LogP contribution is -2.46. The molecule has 5 heteroatoms. The summed E-state index contributed by atoms with van der Waals surface area (Å²) >= 11 is 0. The van der Waals surface area contributed by atoms with Gasteiger partial charge in [0.15, 0.2) is 0 Å². The van der Waals surface area contributed by atoms with Gasteiger partial charge in [0.25, 0.3) is 0 Å². The molecule has 0 spiro atoms. The number of amides is 2. The highest BCUT2D eigenvalue weighted by atomic mass is 16.4. The Hall–Kier alpha value is -1.39. The minimum atomic E-state index is -1.10. The lowest BCUT2D eigenvalue weighted by Gasteiger charge is -2.26. The highest BCUT2D eigenvalue weighted by Gasteiger charge is 2.52. The largest absolute Gasteiger partial charge is 0.480 e. The van der Waals surface area contributed by atoms with E-state index in [2.05, 4.69) is 0 Å². The molecule has 0 aromatic carbocycles. The zero-order valence-electron chi connectivity index (χ0n) is 11.2. The molecule has 1 fully saturated rings. The van der Waals surface area contributed by atoms with Crippen LogP contribution in [0.25, 0.3) is 0 Å². The summed E-state index contributed by atoms with van der Waals surface area (Å²) < 4.78 is 0. The molecule has 1 aliphatic rings. The third kappa shape index (κ3) is 2.26. The van der Waals surface area contributed by atoms with Crippen LogP contribution in [0.1, 0.15) is 52.9 Å². The summed E-state index contributed by atoms with van der Waals surface area (Å²) in [6.07, 6.45) is 2.23. The fraction of sp³-hybridized carbons (Fsp3) is 0.769. The molecule has 1 unspecified atom stereocenters. The van der Waals surface area contributed by atoms with Crippen molar-refractivity contribution in [2.45, 2.75) is 58.9 Å². The second-order valence-electron chi connectivity index (χ2n) is 4.88. The molecule has 1 rings (SSSR count). The van der Waals surface area contributed by atoms with Crippen LogP contribution in [0, 0.1) is 5.41 Å². The number of carbonyl (C=O) groups excluding carboxylic acids is 2. The molecule has 0 bridgehead atoms. The molecule has 0 aliphatic carbocycles. The molecule has 1 N–H and O–H groups in total. The fourth-order valence-corrected chi connectivity index (χ4v) is 2.57. The lowest BCUT2D eigenvalue weighted by atomic mass is 9.81. The zero-order chi connectivity index (χ0) is 13.9. The van der Waals surface area contributed by atoms with E-state index >= 15 is 0 Å². The maximum atomic E-state index is 12.4. The van der Waals surface area contributed by atoms with Crippen LogP contribution in [0.5, 0.6) is 0 Å².